The van der Waals surface area contributed by atoms with Gasteiger partial charge in [0.1, 0.15) is 17.7 Å². The van der Waals surface area contributed by atoms with E-state index in [-0.39, 0.29) is 11.8 Å². The molecule has 142 valence electrons. The number of hydrogen-bond donors (Lipinski definition) is 1. The Hall–Kier alpha value is -2.15. The second kappa shape index (κ2) is 7.61. The van der Waals surface area contributed by atoms with Gasteiger partial charge in [-0.2, -0.15) is 13.2 Å². The molecule has 0 radical (unpaired) electrons. The molecule has 4 nitrogen and oxygen atoms in total. The number of halogens is 3. The number of rotatable bonds is 6. The van der Waals surface area contributed by atoms with Gasteiger partial charge in [-0.25, -0.2) is 9.97 Å². The van der Waals surface area contributed by atoms with Crippen LogP contribution in [0.25, 0.3) is 11.3 Å². The predicted octanol–water partition coefficient (Wildman–Crippen LogP) is 4.76. The van der Waals surface area contributed by atoms with E-state index in [1.807, 2.05) is 6.92 Å². The molecule has 0 saturated heterocycles. The van der Waals surface area contributed by atoms with E-state index in [2.05, 4.69) is 9.97 Å². The molecule has 1 aromatic carbocycles. The van der Waals surface area contributed by atoms with Crippen LogP contribution in [0.3, 0.4) is 0 Å². The molecule has 1 aromatic heterocycles. The maximum Gasteiger partial charge on any atom is 0.419 e. The summed E-state index contributed by atoms with van der Waals surface area (Å²) in [5, 5.41) is 0. The van der Waals surface area contributed by atoms with Crippen molar-refractivity contribution in [3.05, 3.63) is 41.9 Å². The van der Waals surface area contributed by atoms with Crippen LogP contribution in [0, 0.1) is 6.92 Å². The van der Waals surface area contributed by atoms with Crippen LogP contribution >= 0.6 is 0 Å². The van der Waals surface area contributed by atoms with Crippen LogP contribution in [0.4, 0.5) is 13.2 Å². The summed E-state index contributed by atoms with van der Waals surface area (Å²) < 4.78 is 46.5. The van der Waals surface area contributed by atoms with Crippen LogP contribution in [0.1, 0.15) is 44.9 Å². The standard InChI is InChI=1S/C19H24F3N3O/c1-5-6-17(23)18(3,4)26-16-8-7-13(10-14(16)19(20,21)22)15-9-12(2)24-11-25-15/h7-11,17H,5-6,23H2,1-4H3. The maximum absolute atomic E-state index is 13.6. The van der Waals surface area contributed by atoms with Crippen LogP contribution < -0.4 is 10.5 Å². The molecule has 0 fully saturated rings. The van der Waals surface area contributed by atoms with Crippen molar-refractivity contribution < 1.29 is 17.9 Å². The van der Waals surface area contributed by atoms with Crippen molar-refractivity contribution in [2.75, 3.05) is 0 Å². The SMILES string of the molecule is CCCC(N)C(C)(C)Oc1ccc(-c2cc(C)ncn2)cc1C(F)(F)F. The summed E-state index contributed by atoms with van der Waals surface area (Å²) in [4.78, 5) is 8.02. The molecular weight excluding hydrogens is 343 g/mol. The Morgan fingerprint density at radius 2 is 1.85 bits per heavy atom. The monoisotopic (exact) mass is 367 g/mol. The van der Waals surface area contributed by atoms with Crippen LogP contribution in [0.5, 0.6) is 5.75 Å². The first-order chi connectivity index (χ1) is 12.0. The van der Waals surface area contributed by atoms with Crippen molar-refractivity contribution in [2.24, 2.45) is 5.73 Å². The molecule has 1 heterocycles. The molecule has 0 saturated carbocycles. The first-order valence-corrected chi connectivity index (χ1v) is 8.49. The Bertz CT molecular complexity index is 760. The first kappa shape index (κ1) is 20.2. The number of ether oxygens (including phenoxy) is 1. The quantitative estimate of drug-likeness (QED) is 0.800. The summed E-state index contributed by atoms with van der Waals surface area (Å²) in [5.41, 5.74) is 5.77. The van der Waals surface area contributed by atoms with Gasteiger partial charge < -0.3 is 10.5 Å². The summed E-state index contributed by atoms with van der Waals surface area (Å²) in [6, 6.07) is 5.21. The van der Waals surface area contributed by atoms with E-state index in [9.17, 15) is 13.2 Å². The van der Waals surface area contributed by atoms with E-state index in [0.29, 0.717) is 23.4 Å². The van der Waals surface area contributed by atoms with E-state index in [1.165, 1.54) is 12.4 Å². The highest BCUT2D eigenvalue weighted by Gasteiger charge is 2.37. The Balaban J connectivity index is 2.44. The van der Waals surface area contributed by atoms with E-state index in [4.69, 9.17) is 10.5 Å². The Morgan fingerprint density at radius 3 is 2.42 bits per heavy atom. The lowest BCUT2D eigenvalue weighted by Gasteiger charge is -2.33. The number of aromatic nitrogens is 2. The highest BCUT2D eigenvalue weighted by Crippen LogP contribution is 2.40. The Labute approximate surface area is 151 Å². The van der Waals surface area contributed by atoms with E-state index in [1.54, 1.807) is 32.9 Å². The van der Waals surface area contributed by atoms with Crippen LogP contribution in [0.2, 0.25) is 0 Å². The smallest absolute Gasteiger partial charge is 0.419 e. The van der Waals surface area contributed by atoms with Gasteiger partial charge in [0.2, 0.25) is 0 Å². The average molecular weight is 367 g/mol. The van der Waals surface area contributed by atoms with E-state index in [0.717, 1.165) is 12.5 Å². The fraction of sp³-hybridized carbons (Fsp3) is 0.474. The molecule has 1 atom stereocenters. The van der Waals surface area contributed by atoms with Crippen molar-refractivity contribution in [1.29, 1.82) is 0 Å². The summed E-state index contributed by atoms with van der Waals surface area (Å²) in [7, 11) is 0. The highest BCUT2D eigenvalue weighted by molar-refractivity contribution is 5.62. The zero-order valence-electron chi connectivity index (χ0n) is 15.4. The molecule has 26 heavy (non-hydrogen) atoms. The Kier molecular flexibility index (Phi) is 5.91. The number of nitrogens with zero attached hydrogens (tertiary/aromatic N) is 2. The van der Waals surface area contributed by atoms with Gasteiger partial charge in [0.25, 0.3) is 0 Å². The normalized spacial score (nSPS) is 13.5. The summed E-state index contributed by atoms with van der Waals surface area (Å²) in [6.45, 7) is 7.13. The number of benzene rings is 1. The van der Waals surface area contributed by atoms with Crippen LogP contribution in [-0.4, -0.2) is 21.6 Å². The molecule has 7 heteroatoms. The van der Waals surface area contributed by atoms with Gasteiger partial charge in [0.15, 0.2) is 0 Å². The molecule has 2 aromatic rings. The largest absolute Gasteiger partial charge is 0.486 e. The van der Waals surface area contributed by atoms with Gasteiger partial charge in [0, 0.05) is 17.3 Å². The van der Waals surface area contributed by atoms with Gasteiger partial charge in [-0.05, 0) is 51.5 Å². The lowest BCUT2D eigenvalue weighted by atomic mass is 9.95. The predicted molar refractivity (Wildman–Crippen MR) is 94.8 cm³/mol. The third kappa shape index (κ3) is 4.72. The highest BCUT2D eigenvalue weighted by atomic mass is 19.4. The second-order valence-electron chi connectivity index (χ2n) is 6.85. The Morgan fingerprint density at radius 1 is 1.15 bits per heavy atom. The molecular formula is C19H24F3N3O. The first-order valence-electron chi connectivity index (χ1n) is 8.49. The van der Waals surface area contributed by atoms with Crippen LogP contribution in [-0.2, 0) is 6.18 Å². The fourth-order valence-electron chi connectivity index (χ4n) is 2.63. The van der Waals surface area contributed by atoms with Gasteiger partial charge in [-0.3, -0.25) is 0 Å². The minimum Gasteiger partial charge on any atom is -0.486 e. The minimum absolute atomic E-state index is 0.233. The molecule has 0 aliphatic rings. The van der Waals surface area contributed by atoms with Crippen molar-refractivity contribution >= 4 is 0 Å². The third-order valence-electron chi connectivity index (χ3n) is 4.25. The summed E-state index contributed by atoms with van der Waals surface area (Å²) in [6.07, 6.45) is -1.74. The molecule has 0 aliphatic carbocycles. The van der Waals surface area contributed by atoms with Crippen LogP contribution in [0.15, 0.2) is 30.6 Å². The number of alkyl halides is 3. The fourth-order valence-corrected chi connectivity index (χ4v) is 2.63. The molecule has 0 amide bonds. The summed E-state index contributed by atoms with van der Waals surface area (Å²) in [5.74, 6) is -0.233. The molecule has 0 aliphatic heterocycles. The number of hydrogen-bond acceptors (Lipinski definition) is 4. The van der Waals surface area contributed by atoms with Gasteiger partial charge in [-0.1, -0.05) is 13.3 Å². The van der Waals surface area contributed by atoms with Crippen molar-refractivity contribution in [3.8, 4) is 17.0 Å². The molecule has 2 rings (SSSR count). The lowest BCUT2D eigenvalue weighted by Crippen LogP contribution is -2.47. The average Bonchev–Trinajstić information content (AvgIpc) is 2.54. The van der Waals surface area contributed by atoms with Gasteiger partial charge in [0.05, 0.1) is 11.3 Å². The van der Waals surface area contributed by atoms with Crippen molar-refractivity contribution in [2.45, 2.75) is 58.4 Å². The van der Waals surface area contributed by atoms with E-state index < -0.39 is 17.3 Å². The third-order valence-corrected chi connectivity index (χ3v) is 4.25. The van der Waals surface area contributed by atoms with E-state index >= 15 is 0 Å². The number of nitrogens with two attached hydrogens (primary N) is 1. The zero-order chi connectivity index (χ0) is 19.5. The van der Waals surface area contributed by atoms with Gasteiger partial charge >= 0.3 is 6.18 Å². The molecule has 2 N–H and O–H groups in total. The molecule has 1 unspecified atom stereocenters. The zero-order valence-corrected chi connectivity index (χ0v) is 15.4. The van der Waals surface area contributed by atoms with Crippen molar-refractivity contribution in [3.63, 3.8) is 0 Å². The minimum atomic E-state index is -4.56. The van der Waals surface area contributed by atoms with Crippen molar-refractivity contribution in [1.82, 2.24) is 9.97 Å². The lowest BCUT2D eigenvalue weighted by molar-refractivity contribution is -0.140. The topological polar surface area (TPSA) is 61.0 Å². The summed E-state index contributed by atoms with van der Waals surface area (Å²) >= 11 is 0. The maximum atomic E-state index is 13.6. The number of aryl methyl sites for hydroxylation is 1. The second-order valence-corrected chi connectivity index (χ2v) is 6.85. The van der Waals surface area contributed by atoms with Gasteiger partial charge in [-0.15, -0.1) is 0 Å². The molecule has 0 spiro atoms. The molecule has 0 bridgehead atoms.